The summed E-state index contributed by atoms with van der Waals surface area (Å²) in [5.74, 6) is -3.59. The van der Waals surface area contributed by atoms with Gasteiger partial charge in [0.15, 0.2) is 0 Å². The van der Waals surface area contributed by atoms with Crippen molar-refractivity contribution in [3.05, 3.63) is 60.3 Å². The summed E-state index contributed by atoms with van der Waals surface area (Å²) in [6.07, 6.45) is 4.06. The molecule has 1 aliphatic rings. The van der Waals surface area contributed by atoms with Gasteiger partial charge in [0.25, 0.3) is 5.92 Å². The first-order valence-electron chi connectivity index (χ1n) is 10.2. The van der Waals surface area contributed by atoms with Crippen LogP contribution in [-0.4, -0.2) is 56.3 Å². The predicted molar refractivity (Wildman–Crippen MR) is 113 cm³/mol. The zero-order valence-corrected chi connectivity index (χ0v) is 17.1. The Morgan fingerprint density at radius 1 is 1.09 bits per heavy atom. The molecule has 7 nitrogen and oxygen atoms in total. The molecule has 0 atom stereocenters. The molecule has 4 rings (SSSR count). The minimum absolute atomic E-state index is 0.0380. The van der Waals surface area contributed by atoms with Gasteiger partial charge in [-0.25, -0.2) is 22.6 Å². The van der Waals surface area contributed by atoms with Crippen molar-refractivity contribution in [3.8, 4) is 11.1 Å². The summed E-state index contributed by atoms with van der Waals surface area (Å²) in [5, 5.41) is 17.0. The van der Waals surface area contributed by atoms with Crippen molar-refractivity contribution in [2.24, 2.45) is 0 Å². The molecule has 10 heteroatoms. The van der Waals surface area contributed by atoms with Gasteiger partial charge in [-0.3, -0.25) is 4.98 Å². The molecule has 2 aromatic heterocycles. The number of rotatable bonds is 7. The van der Waals surface area contributed by atoms with E-state index < -0.39 is 11.9 Å². The number of nitrogens with zero attached hydrogens (tertiary/aromatic N) is 4. The summed E-state index contributed by atoms with van der Waals surface area (Å²) in [6.45, 7) is 1.51. The zero-order chi connectivity index (χ0) is 22.7. The van der Waals surface area contributed by atoms with Crippen LogP contribution >= 0.6 is 0 Å². The molecule has 0 amide bonds. The van der Waals surface area contributed by atoms with E-state index in [1.54, 1.807) is 23.0 Å². The number of hydrogen-bond donors (Lipinski definition) is 2. The minimum Gasteiger partial charge on any atom is -0.478 e. The molecule has 2 N–H and O–H groups in total. The topological polar surface area (TPSA) is 83.3 Å². The molecule has 32 heavy (non-hydrogen) atoms. The normalized spacial score (nSPS) is 16.1. The number of likely N-dealkylation sites (tertiary alicyclic amines) is 1. The van der Waals surface area contributed by atoms with Crippen LogP contribution < -0.4 is 5.32 Å². The molecule has 0 unspecified atom stereocenters. The monoisotopic (exact) mass is 445 g/mol. The molecule has 0 radical (unpaired) electrons. The second-order valence-electron chi connectivity index (χ2n) is 7.69. The SMILES string of the molecule is O=C(O)c1ccncc1Nc1c(-c2ccc(F)cc2)cnn1CCN1CCC(F)(F)CC1. The Balaban J connectivity index is 1.62. The number of aromatic carboxylic acids is 1. The quantitative estimate of drug-likeness (QED) is 0.566. The maximum absolute atomic E-state index is 13.4. The van der Waals surface area contributed by atoms with E-state index in [-0.39, 0.29) is 29.9 Å². The van der Waals surface area contributed by atoms with E-state index in [0.717, 1.165) is 0 Å². The number of alkyl halides is 2. The molecule has 0 spiro atoms. The zero-order valence-electron chi connectivity index (χ0n) is 17.1. The van der Waals surface area contributed by atoms with Crippen molar-refractivity contribution >= 4 is 17.5 Å². The highest BCUT2D eigenvalue weighted by Crippen LogP contribution is 2.32. The lowest BCUT2D eigenvalue weighted by Crippen LogP contribution is -2.40. The lowest BCUT2D eigenvalue weighted by atomic mass is 10.1. The van der Waals surface area contributed by atoms with Crippen molar-refractivity contribution in [3.63, 3.8) is 0 Å². The van der Waals surface area contributed by atoms with Crippen LogP contribution in [0.1, 0.15) is 23.2 Å². The lowest BCUT2D eigenvalue weighted by molar-refractivity contribution is -0.0555. The van der Waals surface area contributed by atoms with E-state index in [1.807, 2.05) is 4.90 Å². The highest BCUT2D eigenvalue weighted by molar-refractivity contribution is 5.95. The average molecular weight is 445 g/mol. The number of benzene rings is 1. The lowest BCUT2D eigenvalue weighted by Gasteiger charge is -2.31. The van der Waals surface area contributed by atoms with Crippen LogP contribution in [0.15, 0.2) is 48.9 Å². The van der Waals surface area contributed by atoms with Gasteiger partial charge in [0.05, 0.1) is 30.2 Å². The minimum atomic E-state index is -2.61. The number of pyridine rings is 1. The summed E-state index contributed by atoms with van der Waals surface area (Å²) < 4.78 is 41.9. The molecule has 1 saturated heterocycles. The van der Waals surface area contributed by atoms with Crippen LogP contribution in [0.25, 0.3) is 11.1 Å². The van der Waals surface area contributed by atoms with Crippen LogP contribution in [0.3, 0.4) is 0 Å². The highest BCUT2D eigenvalue weighted by atomic mass is 19.3. The largest absolute Gasteiger partial charge is 0.478 e. The second kappa shape index (κ2) is 8.99. The molecular weight excluding hydrogens is 423 g/mol. The molecule has 1 fully saturated rings. The summed E-state index contributed by atoms with van der Waals surface area (Å²) in [4.78, 5) is 17.6. The van der Waals surface area contributed by atoms with E-state index in [1.165, 1.54) is 30.6 Å². The molecule has 0 bridgehead atoms. The number of anilines is 2. The van der Waals surface area contributed by atoms with E-state index in [2.05, 4.69) is 15.4 Å². The molecule has 3 heterocycles. The maximum Gasteiger partial charge on any atom is 0.337 e. The van der Waals surface area contributed by atoms with E-state index in [9.17, 15) is 23.1 Å². The van der Waals surface area contributed by atoms with Gasteiger partial charge in [0.2, 0.25) is 0 Å². The molecule has 3 aromatic rings. The van der Waals surface area contributed by atoms with Crippen molar-refractivity contribution < 1.29 is 23.1 Å². The predicted octanol–water partition coefficient (Wildman–Crippen LogP) is 4.26. The van der Waals surface area contributed by atoms with Crippen molar-refractivity contribution in [1.29, 1.82) is 0 Å². The van der Waals surface area contributed by atoms with Gasteiger partial charge in [-0.1, -0.05) is 12.1 Å². The van der Waals surface area contributed by atoms with Gasteiger partial charge >= 0.3 is 5.97 Å². The number of carboxylic acid groups (broad SMARTS) is 1. The van der Waals surface area contributed by atoms with Gasteiger partial charge < -0.3 is 15.3 Å². The second-order valence-corrected chi connectivity index (χ2v) is 7.69. The average Bonchev–Trinajstić information content (AvgIpc) is 3.16. The summed E-state index contributed by atoms with van der Waals surface area (Å²) in [6, 6.07) is 7.26. The standard InChI is InChI=1S/C22H22F3N5O2/c23-16-3-1-15(2-4-16)18-13-27-30(12-11-29-9-6-22(24,25)7-10-29)20(18)28-19-14-26-8-5-17(19)21(31)32/h1-5,8,13-14,28H,6-7,9-12H2,(H,31,32). The third-order valence-electron chi connectivity index (χ3n) is 5.51. The van der Waals surface area contributed by atoms with E-state index in [4.69, 9.17) is 0 Å². The number of aromatic nitrogens is 3. The smallest absolute Gasteiger partial charge is 0.337 e. The van der Waals surface area contributed by atoms with Crippen LogP contribution in [-0.2, 0) is 6.54 Å². The fourth-order valence-corrected chi connectivity index (χ4v) is 3.68. The Morgan fingerprint density at radius 2 is 1.81 bits per heavy atom. The summed E-state index contributed by atoms with van der Waals surface area (Å²) in [5.41, 5.74) is 1.66. The number of nitrogens with one attached hydrogen (secondary N) is 1. The summed E-state index contributed by atoms with van der Waals surface area (Å²) in [7, 11) is 0. The number of carbonyl (C=O) groups is 1. The molecule has 168 valence electrons. The Kier molecular flexibility index (Phi) is 6.13. The first-order valence-corrected chi connectivity index (χ1v) is 10.2. The third kappa shape index (κ3) is 4.91. The maximum atomic E-state index is 13.4. The van der Waals surface area contributed by atoms with Gasteiger partial charge in [-0.05, 0) is 23.8 Å². The number of hydrogen-bond acceptors (Lipinski definition) is 5. The highest BCUT2D eigenvalue weighted by Gasteiger charge is 2.33. The molecular formula is C22H22F3N5O2. The number of carboxylic acids is 1. The first kappa shape index (κ1) is 21.8. The Morgan fingerprint density at radius 3 is 2.50 bits per heavy atom. The Hall–Kier alpha value is -3.40. The Bertz CT molecular complexity index is 1090. The molecule has 1 aromatic carbocycles. The molecule has 0 aliphatic carbocycles. The van der Waals surface area contributed by atoms with Gasteiger partial charge in [-0.15, -0.1) is 0 Å². The van der Waals surface area contributed by atoms with Gasteiger partial charge in [0.1, 0.15) is 11.6 Å². The van der Waals surface area contributed by atoms with Crippen molar-refractivity contribution in [2.75, 3.05) is 25.0 Å². The van der Waals surface area contributed by atoms with Crippen LogP contribution in [0.4, 0.5) is 24.7 Å². The van der Waals surface area contributed by atoms with Crippen molar-refractivity contribution in [2.45, 2.75) is 25.3 Å². The van der Waals surface area contributed by atoms with E-state index >= 15 is 0 Å². The fourth-order valence-electron chi connectivity index (χ4n) is 3.68. The number of piperidine rings is 1. The van der Waals surface area contributed by atoms with Crippen molar-refractivity contribution in [1.82, 2.24) is 19.7 Å². The van der Waals surface area contributed by atoms with Crippen LogP contribution in [0.2, 0.25) is 0 Å². The van der Waals surface area contributed by atoms with Crippen LogP contribution in [0, 0.1) is 5.82 Å². The summed E-state index contributed by atoms with van der Waals surface area (Å²) >= 11 is 0. The van der Waals surface area contributed by atoms with Gasteiger partial charge in [-0.2, -0.15) is 5.10 Å². The molecule has 0 saturated carbocycles. The molecule has 1 aliphatic heterocycles. The fraction of sp³-hybridized carbons (Fsp3) is 0.318. The van der Waals surface area contributed by atoms with Crippen LogP contribution in [0.5, 0.6) is 0 Å². The van der Waals surface area contributed by atoms with E-state index in [0.29, 0.717) is 43.1 Å². The number of halogens is 3. The third-order valence-corrected chi connectivity index (χ3v) is 5.51. The Labute approximate surface area is 182 Å². The first-order chi connectivity index (χ1) is 15.3. The van der Waals surface area contributed by atoms with Gasteiger partial charge in [0, 0.05) is 44.2 Å².